The Bertz CT molecular complexity index is 1010. The van der Waals surface area contributed by atoms with Crippen LogP contribution in [0.5, 0.6) is 0 Å². The van der Waals surface area contributed by atoms with E-state index in [0.29, 0.717) is 0 Å². The summed E-state index contributed by atoms with van der Waals surface area (Å²) in [5.74, 6) is 1.14. The lowest BCUT2D eigenvalue weighted by Crippen LogP contribution is -2.30. The average Bonchev–Trinajstić information content (AvgIpc) is 3.10. The summed E-state index contributed by atoms with van der Waals surface area (Å²) in [4.78, 5) is 4.84. The molecule has 0 saturated heterocycles. The highest BCUT2D eigenvalue weighted by Gasteiger charge is 2.32. The second-order valence-electron chi connectivity index (χ2n) is 6.20. The van der Waals surface area contributed by atoms with E-state index in [2.05, 4.69) is 50.7 Å². The molecule has 0 N–H and O–H groups in total. The molecule has 0 unspecified atom stereocenters. The molecule has 1 aliphatic heterocycles. The molecule has 0 saturated carbocycles. The van der Waals surface area contributed by atoms with E-state index < -0.39 is 0 Å². The molecule has 3 heterocycles. The number of aromatic nitrogens is 3. The van der Waals surface area contributed by atoms with E-state index in [0.717, 1.165) is 29.8 Å². The summed E-state index contributed by atoms with van der Waals surface area (Å²) < 4.78 is 5.79. The van der Waals surface area contributed by atoms with Crippen LogP contribution in [0.4, 0.5) is 0 Å². The van der Waals surface area contributed by atoms with Gasteiger partial charge < -0.3 is 4.57 Å². The van der Waals surface area contributed by atoms with Crippen molar-refractivity contribution in [3.63, 3.8) is 0 Å². The van der Waals surface area contributed by atoms with Crippen molar-refractivity contribution < 1.29 is 4.57 Å². The Kier molecular flexibility index (Phi) is 2.35. The molecule has 1 aliphatic carbocycles. The van der Waals surface area contributed by atoms with Crippen molar-refractivity contribution in [1.29, 1.82) is 0 Å². The van der Waals surface area contributed by atoms with Crippen LogP contribution in [0.25, 0.3) is 22.4 Å². The van der Waals surface area contributed by atoms with Crippen LogP contribution in [0.15, 0.2) is 28.7 Å². The lowest BCUT2D eigenvalue weighted by Gasteiger charge is -2.11. The molecule has 0 amide bonds. The lowest BCUT2D eigenvalue weighted by atomic mass is 9.99. The predicted molar refractivity (Wildman–Crippen MR) is 85.9 cm³/mol. The molecule has 2 aliphatic rings. The number of hydrogen-bond acceptors (Lipinski definition) is 1. The molecule has 2 aromatic heterocycles. The average molecular weight is 299 g/mol. The van der Waals surface area contributed by atoms with Gasteiger partial charge in [0.1, 0.15) is 5.69 Å². The Morgan fingerprint density at radius 2 is 2.05 bits per heavy atom. The minimum absolute atomic E-state index is 0.913. The van der Waals surface area contributed by atoms with Crippen molar-refractivity contribution in [2.75, 3.05) is 0 Å². The first kappa shape index (κ1) is 12.6. The first-order chi connectivity index (χ1) is 10.6. The van der Waals surface area contributed by atoms with Gasteiger partial charge in [0, 0.05) is 22.8 Å². The second kappa shape index (κ2) is 4.10. The van der Waals surface area contributed by atoms with Gasteiger partial charge in [-0.1, -0.05) is 17.7 Å². The predicted octanol–water partition coefficient (Wildman–Crippen LogP) is 2.01. The third kappa shape index (κ3) is 1.42. The van der Waals surface area contributed by atoms with Crippen LogP contribution in [0, 0.1) is 6.20 Å². The quantitative estimate of drug-likeness (QED) is 0.276. The summed E-state index contributed by atoms with van der Waals surface area (Å²) in [7, 11) is 2.04. The highest BCUT2D eigenvalue weighted by atomic mass is 27.0. The Hall–Kier alpha value is -1.89. The zero-order chi connectivity index (χ0) is 15.0. The molecule has 3 nitrogen and oxygen atoms in total. The number of allylic oxidation sites excluding steroid dienone is 2. The summed E-state index contributed by atoms with van der Waals surface area (Å²) in [6, 6.07) is 8.55. The molecule has 104 valence electrons. The van der Waals surface area contributed by atoms with Gasteiger partial charge in [-0.2, -0.15) is 4.44 Å². The van der Waals surface area contributed by atoms with Crippen LogP contribution in [-0.2, 0) is 19.9 Å². The monoisotopic (exact) mass is 299 g/mol. The fraction of sp³-hybridized carbons (Fsp3) is 0.222. The van der Waals surface area contributed by atoms with Crippen molar-refractivity contribution >= 4 is 33.0 Å². The van der Waals surface area contributed by atoms with Crippen LogP contribution < -0.4 is 4.57 Å². The third-order valence-corrected chi connectivity index (χ3v) is 5.57. The molecular weight excluding hydrogens is 285 g/mol. The Balaban J connectivity index is 1.94. The number of benzene rings is 1. The molecular formula is C18H14AlN3. The molecule has 2 radical (unpaired) electrons. The van der Waals surface area contributed by atoms with Crippen LogP contribution in [0.3, 0.4) is 0 Å². The summed E-state index contributed by atoms with van der Waals surface area (Å²) in [5.41, 5.74) is 9.13. The van der Waals surface area contributed by atoms with E-state index in [-0.39, 0.29) is 0 Å². The number of imidazole rings is 1. The molecule has 1 aromatic carbocycles. The first-order valence-corrected chi connectivity index (χ1v) is 8.11. The molecule has 0 atom stereocenters. The van der Waals surface area contributed by atoms with Gasteiger partial charge in [-0.3, -0.25) is 0 Å². The summed E-state index contributed by atoms with van der Waals surface area (Å²) in [6.45, 7) is 2.23. The number of hydrogen-bond donors (Lipinski definition) is 0. The van der Waals surface area contributed by atoms with Gasteiger partial charge in [-0.05, 0) is 18.9 Å². The minimum Gasteiger partial charge on any atom is -0.342 e. The van der Waals surface area contributed by atoms with E-state index in [4.69, 9.17) is 4.98 Å². The molecule has 4 heteroatoms. The third-order valence-electron chi connectivity index (χ3n) is 4.93. The van der Waals surface area contributed by atoms with Crippen LogP contribution in [0.2, 0.25) is 0 Å². The van der Waals surface area contributed by atoms with Gasteiger partial charge in [-0.15, -0.1) is 12.1 Å². The zero-order valence-corrected chi connectivity index (χ0v) is 13.8. The van der Waals surface area contributed by atoms with Crippen molar-refractivity contribution in [1.82, 2.24) is 9.55 Å². The number of nitrogens with zero attached hydrogens (tertiary/aromatic N) is 3. The van der Waals surface area contributed by atoms with Gasteiger partial charge in [0.05, 0.1) is 13.5 Å². The van der Waals surface area contributed by atoms with Crippen LogP contribution in [0.1, 0.15) is 29.4 Å². The highest BCUT2D eigenvalue weighted by Crippen LogP contribution is 2.42. The van der Waals surface area contributed by atoms with Gasteiger partial charge >= 0.3 is 0 Å². The number of rotatable bonds is 0. The van der Waals surface area contributed by atoms with Gasteiger partial charge in [0.2, 0.25) is 5.65 Å². The van der Waals surface area contributed by atoms with E-state index in [1.165, 1.54) is 32.4 Å². The van der Waals surface area contributed by atoms with E-state index >= 15 is 0 Å². The standard InChI is InChI=1S/C18H14N3.Al/c1-11-5-6-12-7-8-13-10-15-19-14-4-3-9-20(2)18(14)21(15)17(13)16(11)12;/h3-4,7-8H,6,10H2,1-2H3;. The summed E-state index contributed by atoms with van der Waals surface area (Å²) in [5, 5.41) is 0. The van der Waals surface area contributed by atoms with E-state index in [1.807, 2.05) is 19.2 Å². The van der Waals surface area contributed by atoms with Gasteiger partial charge in [-0.25, -0.2) is 9.55 Å². The smallest absolute Gasteiger partial charge is 0.205 e. The highest BCUT2D eigenvalue weighted by molar-refractivity contribution is 6.26. The van der Waals surface area contributed by atoms with E-state index in [9.17, 15) is 0 Å². The maximum atomic E-state index is 4.84. The maximum Gasteiger partial charge on any atom is 0.205 e. The van der Waals surface area contributed by atoms with Crippen molar-refractivity contribution in [2.45, 2.75) is 19.8 Å². The topological polar surface area (TPSA) is 21.7 Å². The molecule has 0 fully saturated rings. The molecule has 22 heavy (non-hydrogen) atoms. The summed E-state index contributed by atoms with van der Waals surface area (Å²) in [6.07, 6.45) is 5.20. The molecule has 0 spiro atoms. The lowest BCUT2D eigenvalue weighted by molar-refractivity contribution is -0.651. The maximum absolute atomic E-state index is 4.84. The fourth-order valence-electron chi connectivity index (χ4n) is 3.86. The van der Waals surface area contributed by atoms with Crippen molar-refractivity contribution in [2.24, 2.45) is 7.05 Å². The Labute approximate surface area is 137 Å². The Morgan fingerprint density at radius 1 is 1.23 bits per heavy atom. The summed E-state index contributed by atoms with van der Waals surface area (Å²) >= 11 is 2.91. The van der Waals surface area contributed by atoms with E-state index in [1.54, 1.807) is 0 Å². The molecule has 0 bridgehead atoms. The number of aryl methyl sites for hydroxylation is 1. The molecule has 3 aromatic rings. The minimum atomic E-state index is 0.913. The van der Waals surface area contributed by atoms with Crippen molar-refractivity contribution in [3.05, 3.63) is 57.4 Å². The van der Waals surface area contributed by atoms with Gasteiger partial charge in [0.15, 0.2) is 22.1 Å². The second-order valence-corrected chi connectivity index (χ2v) is 6.90. The SMILES string of the molecule is CC1=[C]([Al])Cc2ccc3c(c21)-n1c(nc2cc[c-][n+](C)c21)C3. The van der Waals surface area contributed by atoms with Crippen LogP contribution >= 0.6 is 0 Å². The fourth-order valence-corrected chi connectivity index (χ4v) is 4.22. The number of fused-ring (bicyclic) bond motifs is 7. The first-order valence-electron chi connectivity index (χ1n) is 7.54. The van der Waals surface area contributed by atoms with Crippen molar-refractivity contribution in [3.8, 4) is 5.69 Å². The molecule has 5 rings (SSSR count). The largest absolute Gasteiger partial charge is 0.342 e. The normalized spacial score (nSPS) is 15.4. The zero-order valence-electron chi connectivity index (χ0n) is 12.6. The van der Waals surface area contributed by atoms with Gasteiger partial charge in [0.25, 0.3) is 0 Å². The van der Waals surface area contributed by atoms with Crippen LogP contribution in [-0.4, -0.2) is 25.8 Å². The Morgan fingerprint density at radius 3 is 2.91 bits per heavy atom. The number of pyridine rings is 1.